The Kier molecular flexibility index (Phi) is 3.86. The smallest absolute Gasteiger partial charge is 0.127 e. The number of benzene rings is 1. The molecule has 0 fully saturated rings. The number of halogens is 1. The first-order valence-corrected chi connectivity index (χ1v) is 4.45. The molecular weight excluding hydrogens is 167 g/mol. The van der Waals surface area contributed by atoms with Crippen molar-refractivity contribution >= 4 is 0 Å². The fourth-order valence-corrected chi connectivity index (χ4v) is 1.22. The van der Waals surface area contributed by atoms with Gasteiger partial charge in [0.1, 0.15) is 5.82 Å². The van der Waals surface area contributed by atoms with E-state index < -0.39 is 0 Å². The van der Waals surface area contributed by atoms with E-state index in [1.807, 2.05) is 6.07 Å². The summed E-state index contributed by atoms with van der Waals surface area (Å²) in [5.41, 5.74) is 12.3. The Balaban J connectivity index is 2.71. The molecule has 0 spiro atoms. The van der Waals surface area contributed by atoms with E-state index in [-0.39, 0.29) is 12.4 Å². The Bertz CT molecular complexity index is 274. The van der Waals surface area contributed by atoms with Gasteiger partial charge in [0.15, 0.2) is 0 Å². The minimum absolute atomic E-state index is 0.211. The van der Waals surface area contributed by atoms with E-state index in [1.54, 1.807) is 6.07 Å². The molecule has 0 radical (unpaired) electrons. The number of nitrogens with two attached hydrogens (primary N) is 2. The van der Waals surface area contributed by atoms with Crippen molar-refractivity contribution in [2.45, 2.75) is 19.4 Å². The van der Waals surface area contributed by atoms with Crippen LogP contribution in [0.3, 0.4) is 0 Å². The molecule has 0 saturated heterocycles. The van der Waals surface area contributed by atoms with Crippen LogP contribution in [-0.2, 0) is 13.0 Å². The van der Waals surface area contributed by atoms with E-state index in [4.69, 9.17) is 11.5 Å². The highest BCUT2D eigenvalue weighted by molar-refractivity contribution is 5.24. The lowest BCUT2D eigenvalue weighted by Gasteiger charge is -2.03. The average molecular weight is 182 g/mol. The van der Waals surface area contributed by atoms with Crippen molar-refractivity contribution in [1.82, 2.24) is 0 Å². The normalized spacial score (nSPS) is 10.4. The Morgan fingerprint density at radius 2 is 2.00 bits per heavy atom. The fraction of sp³-hybridized carbons (Fsp3) is 0.400. The summed E-state index contributed by atoms with van der Waals surface area (Å²) in [6, 6.07) is 5.18. The maximum absolute atomic E-state index is 13.2. The average Bonchev–Trinajstić information content (AvgIpc) is 2.15. The van der Waals surface area contributed by atoms with Crippen molar-refractivity contribution in [3.63, 3.8) is 0 Å². The highest BCUT2D eigenvalue weighted by Crippen LogP contribution is 2.11. The third-order valence-electron chi connectivity index (χ3n) is 2.01. The van der Waals surface area contributed by atoms with Crippen LogP contribution >= 0.6 is 0 Å². The molecule has 2 nitrogen and oxygen atoms in total. The molecule has 72 valence electrons. The van der Waals surface area contributed by atoms with E-state index in [2.05, 4.69) is 0 Å². The predicted molar refractivity (Wildman–Crippen MR) is 51.7 cm³/mol. The highest BCUT2D eigenvalue weighted by atomic mass is 19.1. The highest BCUT2D eigenvalue weighted by Gasteiger charge is 2.00. The lowest BCUT2D eigenvalue weighted by Crippen LogP contribution is -2.03. The maximum atomic E-state index is 13.2. The summed E-state index contributed by atoms with van der Waals surface area (Å²) in [7, 11) is 0. The van der Waals surface area contributed by atoms with Gasteiger partial charge in [-0.05, 0) is 31.0 Å². The molecule has 1 aromatic rings. The first-order chi connectivity index (χ1) is 6.27. The zero-order valence-electron chi connectivity index (χ0n) is 7.59. The first-order valence-electron chi connectivity index (χ1n) is 4.45. The van der Waals surface area contributed by atoms with Crippen molar-refractivity contribution in [2.24, 2.45) is 11.5 Å². The van der Waals surface area contributed by atoms with Crippen LogP contribution in [0.5, 0.6) is 0 Å². The molecule has 0 aromatic heterocycles. The molecule has 0 saturated carbocycles. The summed E-state index contributed by atoms with van der Waals surface area (Å²) in [5, 5.41) is 0. The fourth-order valence-electron chi connectivity index (χ4n) is 1.22. The molecule has 0 bridgehead atoms. The van der Waals surface area contributed by atoms with Crippen molar-refractivity contribution in [3.8, 4) is 0 Å². The lowest BCUT2D eigenvalue weighted by molar-refractivity contribution is 0.607. The molecule has 1 rings (SSSR count). The van der Waals surface area contributed by atoms with Crippen LogP contribution in [0.2, 0.25) is 0 Å². The third-order valence-corrected chi connectivity index (χ3v) is 2.01. The van der Waals surface area contributed by atoms with E-state index in [1.165, 1.54) is 6.07 Å². The number of aryl methyl sites for hydroxylation is 1. The quantitative estimate of drug-likeness (QED) is 0.734. The van der Waals surface area contributed by atoms with Crippen LogP contribution in [0.1, 0.15) is 17.5 Å². The predicted octanol–water partition coefficient (Wildman–Crippen LogP) is 1.18. The Morgan fingerprint density at radius 3 is 2.54 bits per heavy atom. The second-order valence-corrected chi connectivity index (χ2v) is 3.02. The number of rotatable bonds is 4. The van der Waals surface area contributed by atoms with Gasteiger partial charge in [-0.15, -0.1) is 0 Å². The topological polar surface area (TPSA) is 52.0 Å². The lowest BCUT2D eigenvalue weighted by atomic mass is 10.1. The minimum atomic E-state index is -0.211. The molecule has 0 aliphatic rings. The molecule has 3 heteroatoms. The standard InChI is InChI=1S/C10H15FN2/c11-10-6-8(2-1-5-12)3-4-9(10)7-13/h3-4,6H,1-2,5,7,12-13H2. The molecule has 0 amide bonds. The monoisotopic (exact) mass is 182 g/mol. The third kappa shape index (κ3) is 2.79. The van der Waals surface area contributed by atoms with Gasteiger partial charge in [0.05, 0.1) is 0 Å². The summed E-state index contributed by atoms with van der Waals surface area (Å²) in [6.07, 6.45) is 1.72. The van der Waals surface area contributed by atoms with Gasteiger partial charge in [-0.1, -0.05) is 12.1 Å². The molecule has 0 heterocycles. The van der Waals surface area contributed by atoms with Crippen LogP contribution in [0.25, 0.3) is 0 Å². The van der Waals surface area contributed by atoms with Crippen LogP contribution in [0, 0.1) is 5.82 Å². The van der Waals surface area contributed by atoms with Crippen molar-refractivity contribution in [3.05, 3.63) is 35.1 Å². The van der Waals surface area contributed by atoms with Crippen molar-refractivity contribution < 1.29 is 4.39 Å². The van der Waals surface area contributed by atoms with Gasteiger partial charge in [-0.25, -0.2) is 4.39 Å². The first kappa shape index (κ1) is 10.2. The van der Waals surface area contributed by atoms with Gasteiger partial charge < -0.3 is 11.5 Å². The van der Waals surface area contributed by atoms with E-state index >= 15 is 0 Å². The van der Waals surface area contributed by atoms with Gasteiger partial charge in [0.2, 0.25) is 0 Å². The van der Waals surface area contributed by atoms with E-state index in [9.17, 15) is 4.39 Å². The van der Waals surface area contributed by atoms with Crippen molar-refractivity contribution in [2.75, 3.05) is 6.54 Å². The van der Waals surface area contributed by atoms with Gasteiger partial charge in [0, 0.05) is 12.1 Å². The molecule has 1 aromatic carbocycles. The Hall–Kier alpha value is -0.930. The summed E-state index contributed by atoms with van der Waals surface area (Å²) in [5.74, 6) is -0.211. The molecule has 4 N–H and O–H groups in total. The maximum Gasteiger partial charge on any atom is 0.127 e. The summed E-state index contributed by atoms with van der Waals surface area (Å²) >= 11 is 0. The molecule has 0 unspecified atom stereocenters. The Labute approximate surface area is 77.7 Å². The zero-order valence-corrected chi connectivity index (χ0v) is 7.59. The molecule has 13 heavy (non-hydrogen) atoms. The van der Waals surface area contributed by atoms with E-state index in [0.29, 0.717) is 12.1 Å². The second kappa shape index (κ2) is 4.94. The summed E-state index contributed by atoms with van der Waals surface area (Å²) < 4.78 is 13.2. The largest absolute Gasteiger partial charge is 0.330 e. The van der Waals surface area contributed by atoms with Crippen LogP contribution in [-0.4, -0.2) is 6.54 Å². The summed E-state index contributed by atoms with van der Waals surface area (Å²) in [4.78, 5) is 0. The number of hydrogen-bond acceptors (Lipinski definition) is 2. The zero-order chi connectivity index (χ0) is 9.68. The van der Waals surface area contributed by atoms with Gasteiger partial charge in [-0.3, -0.25) is 0 Å². The second-order valence-electron chi connectivity index (χ2n) is 3.02. The minimum Gasteiger partial charge on any atom is -0.330 e. The van der Waals surface area contributed by atoms with Gasteiger partial charge >= 0.3 is 0 Å². The van der Waals surface area contributed by atoms with Crippen LogP contribution < -0.4 is 11.5 Å². The van der Waals surface area contributed by atoms with Crippen molar-refractivity contribution in [1.29, 1.82) is 0 Å². The molecule has 0 aliphatic carbocycles. The van der Waals surface area contributed by atoms with E-state index in [0.717, 1.165) is 18.4 Å². The summed E-state index contributed by atoms with van der Waals surface area (Å²) in [6.45, 7) is 0.892. The SMILES string of the molecule is NCCCc1ccc(CN)c(F)c1. The van der Waals surface area contributed by atoms with Gasteiger partial charge in [-0.2, -0.15) is 0 Å². The van der Waals surface area contributed by atoms with Crippen LogP contribution in [0.4, 0.5) is 4.39 Å². The van der Waals surface area contributed by atoms with Gasteiger partial charge in [0.25, 0.3) is 0 Å². The molecular formula is C10H15FN2. The Morgan fingerprint density at radius 1 is 1.23 bits per heavy atom. The number of hydrogen-bond donors (Lipinski definition) is 2. The van der Waals surface area contributed by atoms with Crippen LogP contribution in [0.15, 0.2) is 18.2 Å². The molecule has 0 atom stereocenters. The molecule has 0 aliphatic heterocycles.